The largest absolute Gasteiger partial charge is 0.481 e. The topological polar surface area (TPSA) is 104 Å². The highest BCUT2D eigenvalue weighted by molar-refractivity contribution is 6.06. The number of nitrogens with one attached hydrogen (secondary N) is 1. The molecule has 0 aromatic carbocycles. The van der Waals surface area contributed by atoms with Gasteiger partial charge in [0, 0.05) is 7.05 Å². The molecule has 1 aliphatic carbocycles. The highest BCUT2D eigenvalue weighted by atomic mass is 16.4. The number of rotatable bonds is 3. The molecule has 1 heterocycles. The fourth-order valence-corrected chi connectivity index (χ4v) is 2.72. The molecule has 0 aromatic heterocycles. The van der Waals surface area contributed by atoms with Crippen molar-refractivity contribution >= 4 is 23.7 Å². The first kappa shape index (κ1) is 13.5. The minimum atomic E-state index is -0.983. The van der Waals surface area contributed by atoms with Gasteiger partial charge < -0.3 is 10.4 Å². The molecule has 1 saturated heterocycles. The number of carbonyl (C=O) groups is 4. The quantitative estimate of drug-likeness (QED) is 0.663. The van der Waals surface area contributed by atoms with Crippen LogP contribution in [0.2, 0.25) is 0 Å². The van der Waals surface area contributed by atoms with Gasteiger partial charge in [-0.05, 0) is 12.8 Å². The fourth-order valence-electron chi connectivity index (χ4n) is 2.72. The maximum atomic E-state index is 12.0. The third-order valence-electron chi connectivity index (χ3n) is 3.87. The molecule has 3 amide bonds. The zero-order chi connectivity index (χ0) is 14.2. The zero-order valence-corrected chi connectivity index (χ0v) is 10.6. The maximum absolute atomic E-state index is 12.0. The van der Waals surface area contributed by atoms with E-state index in [1.165, 1.54) is 7.05 Å². The Morgan fingerprint density at radius 3 is 2.42 bits per heavy atom. The van der Waals surface area contributed by atoms with Gasteiger partial charge in [0.05, 0.1) is 18.3 Å². The number of hydrogen-bond donors (Lipinski definition) is 2. The van der Waals surface area contributed by atoms with E-state index in [1.807, 2.05) is 0 Å². The number of amides is 3. The van der Waals surface area contributed by atoms with Gasteiger partial charge in [0.25, 0.3) is 5.91 Å². The highest BCUT2D eigenvalue weighted by Crippen LogP contribution is 2.32. The summed E-state index contributed by atoms with van der Waals surface area (Å²) in [6.07, 6.45) is 1.62. The van der Waals surface area contributed by atoms with Crippen LogP contribution < -0.4 is 5.32 Å². The van der Waals surface area contributed by atoms with Gasteiger partial charge in [-0.15, -0.1) is 0 Å². The molecule has 1 aliphatic heterocycles. The van der Waals surface area contributed by atoms with Crippen LogP contribution in [0, 0.1) is 11.8 Å². The molecule has 0 spiro atoms. The lowest BCUT2D eigenvalue weighted by Crippen LogP contribution is -2.44. The Balaban J connectivity index is 2.00. The van der Waals surface area contributed by atoms with Gasteiger partial charge in [-0.1, -0.05) is 6.42 Å². The van der Waals surface area contributed by atoms with Crippen molar-refractivity contribution in [2.24, 2.45) is 11.8 Å². The molecule has 2 N–H and O–H groups in total. The average Bonchev–Trinajstić information content (AvgIpc) is 2.92. The second-order valence-electron chi connectivity index (χ2n) is 5.04. The Morgan fingerprint density at radius 2 is 1.89 bits per heavy atom. The van der Waals surface area contributed by atoms with Gasteiger partial charge in [0.1, 0.15) is 6.04 Å². The highest BCUT2D eigenvalue weighted by Gasteiger charge is 2.42. The third-order valence-corrected chi connectivity index (χ3v) is 3.87. The van der Waals surface area contributed by atoms with E-state index in [-0.39, 0.29) is 12.3 Å². The van der Waals surface area contributed by atoms with Gasteiger partial charge in [0.2, 0.25) is 11.8 Å². The normalized spacial score (nSPS) is 30.8. The Kier molecular flexibility index (Phi) is 3.55. The number of nitrogens with zero attached hydrogens (tertiary/aromatic N) is 1. The van der Waals surface area contributed by atoms with E-state index in [9.17, 15) is 19.2 Å². The number of likely N-dealkylation sites (tertiary alicyclic amines) is 1. The van der Waals surface area contributed by atoms with Gasteiger partial charge in [0.15, 0.2) is 0 Å². The predicted molar refractivity (Wildman–Crippen MR) is 62.8 cm³/mol. The summed E-state index contributed by atoms with van der Waals surface area (Å²) in [5.41, 5.74) is 0. The molecule has 3 unspecified atom stereocenters. The number of carboxylic acid groups (broad SMARTS) is 1. The molecule has 7 nitrogen and oxygen atoms in total. The molecule has 7 heteroatoms. The smallest absolute Gasteiger partial charge is 0.307 e. The molecule has 0 bridgehead atoms. The molecule has 19 heavy (non-hydrogen) atoms. The van der Waals surface area contributed by atoms with E-state index in [4.69, 9.17) is 5.11 Å². The van der Waals surface area contributed by atoms with Crippen molar-refractivity contribution in [3.8, 4) is 0 Å². The predicted octanol–water partition coefficient (Wildman–Crippen LogP) is -0.639. The fraction of sp³-hybridized carbons (Fsp3) is 0.667. The lowest BCUT2D eigenvalue weighted by atomic mass is 9.95. The molecule has 0 radical (unpaired) electrons. The summed E-state index contributed by atoms with van der Waals surface area (Å²) >= 11 is 0. The van der Waals surface area contributed by atoms with Crippen molar-refractivity contribution in [1.29, 1.82) is 0 Å². The lowest BCUT2D eigenvalue weighted by Gasteiger charge is -2.18. The van der Waals surface area contributed by atoms with E-state index in [2.05, 4.69) is 5.32 Å². The van der Waals surface area contributed by atoms with Crippen LogP contribution in [0.25, 0.3) is 0 Å². The second kappa shape index (κ2) is 4.99. The molecule has 1 saturated carbocycles. The molecule has 2 rings (SSSR count). The molecule has 2 aliphatic rings. The summed E-state index contributed by atoms with van der Waals surface area (Å²) < 4.78 is 0. The average molecular weight is 268 g/mol. The van der Waals surface area contributed by atoms with Crippen LogP contribution in [0.1, 0.15) is 25.7 Å². The van der Waals surface area contributed by atoms with E-state index >= 15 is 0 Å². The Labute approximate surface area is 109 Å². The molecule has 3 atom stereocenters. The first-order valence-corrected chi connectivity index (χ1v) is 6.25. The van der Waals surface area contributed by atoms with Crippen LogP contribution in [0.3, 0.4) is 0 Å². The van der Waals surface area contributed by atoms with Crippen molar-refractivity contribution < 1.29 is 24.3 Å². The summed E-state index contributed by atoms with van der Waals surface area (Å²) in [5, 5.41) is 11.5. The Bertz CT molecular complexity index is 447. The monoisotopic (exact) mass is 268 g/mol. The van der Waals surface area contributed by atoms with E-state index in [1.54, 1.807) is 0 Å². The Morgan fingerprint density at radius 1 is 1.26 bits per heavy atom. The van der Waals surface area contributed by atoms with Gasteiger partial charge >= 0.3 is 5.97 Å². The van der Waals surface area contributed by atoms with Crippen LogP contribution in [0.4, 0.5) is 0 Å². The van der Waals surface area contributed by atoms with E-state index in [0.717, 1.165) is 4.90 Å². The van der Waals surface area contributed by atoms with E-state index < -0.39 is 35.7 Å². The number of carbonyl (C=O) groups excluding carboxylic acids is 3. The molecule has 2 fully saturated rings. The molecule has 0 aromatic rings. The van der Waals surface area contributed by atoms with Crippen LogP contribution in [-0.2, 0) is 19.2 Å². The SMILES string of the molecule is CN1C(=O)CC(NC(=O)C2CCCC2C(=O)O)C1=O. The second-order valence-corrected chi connectivity index (χ2v) is 5.04. The summed E-state index contributed by atoms with van der Waals surface area (Å²) in [4.78, 5) is 47.0. The van der Waals surface area contributed by atoms with Crippen molar-refractivity contribution in [3.05, 3.63) is 0 Å². The Hall–Kier alpha value is -1.92. The van der Waals surface area contributed by atoms with Crippen molar-refractivity contribution in [2.75, 3.05) is 7.05 Å². The third kappa shape index (κ3) is 2.45. The van der Waals surface area contributed by atoms with Gasteiger partial charge in [-0.2, -0.15) is 0 Å². The molecular weight excluding hydrogens is 252 g/mol. The molecule has 104 valence electrons. The number of aliphatic carboxylic acids is 1. The first-order valence-electron chi connectivity index (χ1n) is 6.25. The summed E-state index contributed by atoms with van der Waals surface area (Å²) in [5.74, 6) is -3.49. The number of likely N-dealkylation sites (N-methyl/N-ethyl adjacent to an activating group) is 1. The van der Waals surface area contributed by atoms with Crippen LogP contribution >= 0.6 is 0 Å². The zero-order valence-electron chi connectivity index (χ0n) is 10.6. The number of imide groups is 1. The maximum Gasteiger partial charge on any atom is 0.307 e. The summed E-state index contributed by atoms with van der Waals surface area (Å²) in [6.45, 7) is 0. The standard InChI is InChI=1S/C12H16N2O5/c1-14-9(15)5-8(11(14)17)13-10(16)6-3-2-4-7(6)12(18)19/h6-8H,2-5H2,1H3,(H,13,16)(H,18,19). The minimum Gasteiger partial charge on any atom is -0.481 e. The van der Waals surface area contributed by atoms with Crippen molar-refractivity contribution in [3.63, 3.8) is 0 Å². The minimum absolute atomic E-state index is 0.0501. The van der Waals surface area contributed by atoms with Crippen molar-refractivity contribution in [1.82, 2.24) is 10.2 Å². The van der Waals surface area contributed by atoms with Crippen molar-refractivity contribution in [2.45, 2.75) is 31.7 Å². The first-order chi connectivity index (χ1) is 8.91. The number of hydrogen-bond acceptors (Lipinski definition) is 4. The van der Waals surface area contributed by atoms with Crippen LogP contribution in [0.15, 0.2) is 0 Å². The lowest BCUT2D eigenvalue weighted by molar-refractivity contribution is -0.146. The number of carboxylic acids is 1. The van der Waals surface area contributed by atoms with Gasteiger partial charge in [-0.3, -0.25) is 24.1 Å². The van der Waals surface area contributed by atoms with Crippen LogP contribution in [0.5, 0.6) is 0 Å². The van der Waals surface area contributed by atoms with Gasteiger partial charge in [-0.25, -0.2) is 0 Å². The van der Waals surface area contributed by atoms with E-state index in [0.29, 0.717) is 19.3 Å². The summed E-state index contributed by atoms with van der Waals surface area (Å²) in [7, 11) is 1.37. The molecular formula is C12H16N2O5. The summed E-state index contributed by atoms with van der Waals surface area (Å²) in [6, 6.07) is -0.847. The van der Waals surface area contributed by atoms with Crippen LogP contribution in [-0.4, -0.2) is 46.8 Å².